The molecule has 0 radical (unpaired) electrons. The number of hydrogen-bond acceptors (Lipinski definition) is 4. The van der Waals surface area contributed by atoms with Crippen LogP contribution < -0.4 is 10.6 Å². The van der Waals surface area contributed by atoms with E-state index in [1.54, 1.807) is 25.5 Å². The molecular weight excluding hydrogens is 258 g/mol. The summed E-state index contributed by atoms with van der Waals surface area (Å²) >= 11 is 1.94. The summed E-state index contributed by atoms with van der Waals surface area (Å²) in [6, 6.07) is 2.07. The molecule has 1 fully saturated rings. The number of carbonyl (C=O) groups is 1. The average molecular weight is 279 g/mol. The van der Waals surface area contributed by atoms with Crippen molar-refractivity contribution in [2.24, 2.45) is 0 Å². The maximum atomic E-state index is 12.3. The minimum Gasteiger partial charge on any atom is -0.386 e. The Labute approximate surface area is 118 Å². The van der Waals surface area contributed by atoms with Gasteiger partial charge in [-0.25, -0.2) is 0 Å². The summed E-state index contributed by atoms with van der Waals surface area (Å²) < 4.78 is 0. The number of rotatable bonds is 4. The van der Waals surface area contributed by atoms with Crippen molar-refractivity contribution in [2.45, 2.75) is 37.0 Å². The molecule has 1 saturated carbocycles. The number of amides is 1. The third-order valence-corrected chi connectivity index (χ3v) is 4.82. The molecular formula is C14H21N3OS. The summed E-state index contributed by atoms with van der Waals surface area (Å²) in [6.45, 7) is 0. The Bertz CT molecular complexity index is 430. The molecule has 0 bridgehead atoms. The van der Waals surface area contributed by atoms with Crippen LogP contribution in [0.3, 0.4) is 0 Å². The number of nitrogens with one attached hydrogen (secondary N) is 2. The Hall–Kier alpha value is -1.23. The molecule has 1 amide bonds. The third kappa shape index (κ3) is 3.62. The van der Waals surface area contributed by atoms with Gasteiger partial charge >= 0.3 is 0 Å². The molecule has 0 aliphatic heterocycles. The Kier molecular flexibility index (Phi) is 5.07. The zero-order valence-corrected chi connectivity index (χ0v) is 12.3. The van der Waals surface area contributed by atoms with Gasteiger partial charge in [-0.05, 0) is 38.0 Å². The lowest BCUT2D eigenvalue weighted by Crippen LogP contribution is -2.38. The fourth-order valence-electron chi connectivity index (χ4n) is 2.50. The molecule has 0 atom stereocenters. The number of pyridine rings is 1. The first-order valence-electron chi connectivity index (χ1n) is 6.70. The summed E-state index contributed by atoms with van der Waals surface area (Å²) in [7, 11) is 1.80. The van der Waals surface area contributed by atoms with Crippen LogP contribution in [0.5, 0.6) is 0 Å². The van der Waals surface area contributed by atoms with E-state index in [4.69, 9.17) is 0 Å². The lowest BCUT2D eigenvalue weighted by atomic mass is 9.94. The number of nitrogens with zero attached hydrogens (tertiary/aromatic N) is 1. The quantitative estimate of drug-likeness (QED) is 0.889. The van der Waals surface area contributed by atoms with Gasteiger partial charge in [-0.2, -0.15) is 11.8 Å². The zero-order chi connectivity index (χ0) is 13.7. The number of thioether (sulfide) groups is 1. The van der Waals surface area contributed by atoms with Crippen molar-refractivity contribution in [2.75, 3.05) is 18.6 Å². The maximum Gasteiger partial charge on any atom is 0.253 e. The topological polar surface area (TPSA) is 54.0 Å². The summed E-state index contributed by atoms with van der Waals surface area (Å²) in [4.78, 5) is 16.3. The normalized spacial score (nSPS) is 22.8. The van der Waals surface area contributed by atoms with Crippen LogP contribution in [0.1, 0.15) is 36.0 Å². The predicted molar refractivity (Wildman–Crippen MR) is 80.8 cm³/mol. The molecule has 104 valence electrons. The minimum atomic E-state index is -0.000600. The second-order valence-electron chi connectivity index (χ2n) is 4.85. The van der Waals surface area contributed by atoms with E-state index >= 15 is 0 Å². The van der Waals surface area contributed by atoms with Gasteiger partial charge in [0.25, 0.3) is 5.91 Å². The molecule has 4 nitrogen and oxygen atoms in total. The van der Waals surface area contributed by atoms with E-state index in [-0.39, 0.29) is 5.91 Å². The van der Waals surface area contributed by atoms with Gasteiger partial charge in [-0.15, -0.1) is 0 Å². The summed E-state index contributed by atoms with van der Waals surface area (Å²) in [5.74, 6) is -0.000600. The molecule has 0 unspecified atom stereocenters. The van der Waals surface area contributed by atoms with Crippen LogP contribution in [0.4, 0.5) is 5.69 Å². The molecule has 0 spiro atoms. The number of anilines is 1. The fraction of sp³-hybridized carbons (Fsp3) is 0.571. The number of aromatic nitrogens is 1. The Morgan fingerprint density at radius 1 is 1.37 bits per heavy atom. The SMILES string of the molecule is CNc1cnccc1C(=O)NC1CCC(SC)CC1. The molecule has 1 aliphatic rings. The van der Waals surface area contributed by atoms with Gasteiger partial charge < -0.3 is 10.6 Å². The zero-order valence-electron chi connectivity index (χ0n) is 11.5. The van der Waals surface area contributed by atoms with Crippen molar-refractivity contribution in [3.05, 3.63) is 24.0 Å². The van der Waals surface area contributed by atoms with Gasteiger partial charge in [-0.1, -0.05) is 0 Å². The van der Waals surface area contributed by atoms with Crippen LogP contribution in [0, 0.1) is 0 Å². The smallest absolute Gasteiger partial charge is 0.253 e. The van der Waals surface area contributed by atoms with Gasteiger partial charge in [0.15, 0.2) is 0 Å². The van der Waals surface area contributed by atoms with E-state index < -0.39 is 0 Å². The molecule has 2 N–H and O–H groups in total. The Morgan fingerprint density at radius 3 is 2.74 bits per heavy atom. The third-order valence-electron chi connectivity index (χ3n) is 3.68. The minimum absolute atomic E-state index is 0.000600. The highest BCUT2D eigenvalue weighted by Gasteiger charge is 2.22. The first-order valence-corrected chi connectivity index (χ1v) is 7.98. The monoisotopic (exact) mass is 279 g/mol. The Morgan fingerprint density at radius 2 is 2.11 bits per heavy atom. The first-order chi connectivity index (χ1) is 9.24. The predicted octanol–water partition coefficient (Wildman–Crippen LogP) is 2.53. The van der Waals surface area contributed by atoms with Gasteiger partial charge in [0.05, 0.1) is 17.4 Å². The second-order valence-corrected chi connectivity index (χ2v) is 5.99. The summed E-state index contributed by atoms with van der Waals surface area (Å²) in [5.41, 5.74) is 1.45. The van der Waals surface area contributed by atoms with Gasteiger partial charge in [0.1, 0.15) is 0 Å². The van der Waals surface area contributed by atoms with Crippen molar-refractivity contribution in [1.29, 1.82) is 0 Å². The van der Waals surface area contributed by atoms with Crippen molar-refractivity contribution in [1.82, 2.24) is 10.3 Å². The standard InChI is InChI=1S/C14H21N3OS/c1-15-13-9-16-8-7-12(13)14(18)17-10-3-5-11(19-2)6-4-10/h7-11,15H,3-6H2,1-2H3,(H,17,18). The van der Waals surface area contributed by atoms with Crippen molar-refractivity contribution in [3.63, 3.8) is 0 Å². The molecule has 1 aliphatic carbocycles. The molecule has 0 saturated heterocycles. The number of hydrogen-bond donors (Lipinski definition) is 2. The van der Waals surface area contributed by atoms with E-state index in [1.807, 2.05) is 11.8 Å². The summed E-state index contributed by atoms with van der Waals surface area (Å²) in [5, 5.41) is 6.91. The van der Waals surface area contributed by atoms with Crippen molar-refractivity contribution < 1.29 is 4.79 Å². The first kappa shape index (κ1) is 14.2. The second kappa shape index (κ2) is 6.80. The van der Waals surface area contributed by atoms with Crippen molar-refractivity contribution in [3.8, 4) is 0 Å². The molecule has 19 heavy (non-hydrogen) atoms. The van der Waals surface area contributed by atoms with Gasteiger partial charge in [0.2, 0.25) is 0 Å². The van der Waals surface area contributed by atoms with E-state index in [9.17, 15) is 4.79 Å². The largest absolute Gasteiger partial charge is 0.386 e. The van der Waals surface area contributed by atoms with E-state index in [1.165, 1.54) is 12.8 Å². The highest BCUT2D eigenvalue weighted by Crippen LogP contribution is 2.27. The van der Waals surface area contributed by atoms with Crippen molar-refractivity contribution >= 4 is 23.4 Å². The fourth-order valence-corrected chi connectivity index (χ4v) is 3.24. The van der Waals surface area contributed by atoms with Crippen LogP contribution in [0.25, 0.3) is 0 Å². The summed E-state index contributed by atoms with van der Waals surface area (Å²) in [6.07, 6.45) is 10.1. The molecule has 2 rings (SSSR count). The van der Waals surface area contributed by atoms with Crippen LogP contribution in [0.2, 0.25) is 0 Å². The van der Waals surface area contributed by atoms with Crippen LogP contribution in [-0.2, 0) is 0 Å². The van der Waals surface area contributed by atoms with Gasteiger partial charge in [-0.3, -0.25) is 9.78 Å². The lowest BCUT2D eigenvalue weighted by molar-refractivity contribution is 0.0929. The molecule has 5 heteroatoms. The molecule has 1 aromatic rings. The lowest BCUT2D eigenvalue weighted by Gasteiger charge is -2.28. The van der Waals surface area contributed by atoms with Crippen LogP contribution in [0.15, 0.2) is 18.5 Å². The maximum absolute atomic E-state index is 12.3. The Balaban J connectivity index is 1.94. The molecule has 1 heterocycles. The highest BCUT2D eigenvalue weighted by molar-refractivity contribution is 7.99. The van der Waals surface area contributed by atoms with E-state index in [2.05, 4.69) is 21.9 Å². The van der Waals surface area contributed by atoms with Gasteiger partial charge in [0, 0.05) is 24.5 Å². The average Bonchev–Trinajstić information content (AvgIpc) is 2.48. The van der Waals surface area contributed by atoms with E-state index in [0.29, 0.717) is 11.6 Å². The molecule has 0 aromatic carbocycles. The van der Waals surface area contributed by atoms with E-state index in [0.717, 1.165) is 23.8 Å². The number of carbonyl (C=O) groups excluding carboxylic acids is 1. The van der Waals surface area contributed by atoms with Crippen LogP contribution >= 0.6 is 11.8 Å². The molecule has 1 aromatic heterocycles. The van der Waals surface area contributed by atoms with Crippen LogP contribution in [-0.4, -0.2) is 35.5 Å². The highest BCUT2D eigenvalue weighted by atomic mass is 32.2.